The molecule has 1 atom stereocenters. The summed E-state index contributed by atoms with van der Waals surface area (Å²) in [5.41, 5.74) is -0.800. The molecule has 0 aromatic heterocycles. The van der Waals surface area contributed by atoms with Gasteiger partial charge in [-0.25, -0.2) is 8.42 Å². The van der Waals surface area contributed by atoms with Crippen LogP contribution in [0.4, 0.5) is 0 Å². The highest BCUT2D eigenvalue weighted by atomic mass is 32.2. The first-order valence-electron chi connectivity index (χ1n) is 3.86. The predicted octanol–water partition coefficient (Wildman–Crippen LogP) is 0.516. The Bertz CT molecular complexity index is 330. The Morgan fingerprint density at radius 2 is 2.08 bits per heavy atom. The third-order valence-electron chi connectivity index (χ3n) is 2.15. The second kappa shape index (κ2) is 2.87. The van der Waals surface area contributed by atoms with Crippen LogP contribution in [-0.4, -0.2) is 32.5 Å². The minimum absolute atomic E-state index is 0.192. The summed E-state index contributed by atoms with van der Waals surface area (Å²) in [5.74, 6) is 0. The van der Waals surface area contributed by atoms with Crippen molar-refractivity contribution in [3.05, 3.63) is 0 Å². The Balaban J connectivity index is 3.17. The molecule has 0 bridgehead atoms. The molecule has 0 unspecified atom stereocenters. The van der Waals surface area contributed by atoms with Gasteiger partial charge in [-0.05, 0) is 20.8 Å². The van der Waals surface area contributed by atoms with Crippen LogP contribution in [0.15, 0.2) is 4.40 Å². The van der Waals surface area contributed by atoms with E-state index in [1.165, 1.54) is 7.11 Å². The van der Waals surface area contributed by atoms with E-state index in [1.54, 1.807) is 20.8 Å². The van der Waals surface area contributed by atoms with Gasteiger partial charge in [-0.1, -0.05) is 4.40 Å². The molecule has 0 aromatic carbocycles. The maximum absolute atomic E-state index is 11.4. The number of ether oxygens (including phenoxy) is 2. The Morgan fingerprint density at radius 1 is 1.54 bits per heavy atom. The topological polar surface area (TPSA) is 65.0 Å². The van der Waals surface area contributed by atoms with Crippen LogP contribution in [0.5, 0.6) is 0 Å². The molecule has 76 valence electrons. The lowest BCUT2D eigenvalue weighted by Gasteiger charge is -2.33. The number of rotatable bonds is 0. The van der Waals surface area contributed by atoms with E-state index < -0.39 is 20.9 Å². The van der Waals surface area contributed by atoms with Crippen molar-refractivity contribution in [2.45, 2.75) is 31.6 Å². The van der Waals surface area contributed by atoms with Crippen LogP contribution < -0.4 is 0 Å². The van der Waals surface area contributed by atoms with Gasteiger partial charge < -0.3 is 9.47 Å². The van der Waals surface area contributed by atoms with Gasteiger partial charge in [0.15, 0.2) is 0 Å². The van der Waals surface area contributed by atoms with Crippen LogP contribution in [0.2, 0.25) is 0 Å². The summed E-state index contributed by atoms with van der Waals surface area (Å²) in [5, 5.41) is -0.668. The smallest absolute Gasteiger partial charge is 0.399 e. The minimum Gasteiger partial charge on any atom is -0.453 e. The van der Waals surface area contributed by atoms with Crippen molar-refractivity contribution in [3.8, 4) is 0 Å². The van der Waals surface area contributed by atoms with E-state index in [4.69, 9.17) is 4.74 Å². The summed E-state index contributed by atoms with van der Waals surface area (Å²) >= 11 is 0. The lowest BCUT2D eigenvalue weighted by Crippen LogP contribution is -2.47. The van der Waals surface area contributed by atoms with Crippen molar-refractivity contribution in [2.75, 3.05) is 7.11 Å². The number of methoxy groups -OCH3 is 1. The van der Waals surface area contributed by atoms with E-state index in [-0.39, 0.29) is 6.08 Å². The van der Waals surface area contributed by atoms with Gasteiger partial charge in [0.25, 0.3) is 10.0 Å². The molecule has 13 heavy (non-hydrogen) atoms. The molecule has 5 nitrogen and oxygen atoms in total. The second-order valence-corrected chi connectivity index (χ2v) is 5.34. The number of nitrogens with zero attached hydrogens (tertiary/aromatic N) is 1. The normalized spacial score (nSPS) is 30.2. The third kappa shape index (κ3) is 1.77. The molecule has 1 heterocycles. The first-order chi connectivity index (χ1) is 5.79. The number of hydrogen-bond donors (Lipinski definition) is 0. The largest absolute Gasteiger partial charge is 0.453 e. The second-order valence-electron chi connectivity index (χ2n) is 3.42. The monoisotopic (exact) mass is 207 g/mol. The van der Waals surface area contributed by atoms with Gasteiger partial charge in [-0.3, -0.25) is 0 Å². The SMILES string of the molecule is COC1=NS(=O)(=O)[C@@H](C)C(C)(C)O1. The zero-order valence-corrected chi connectivity index (χ0v) is 8.88. The highest BCUT2D eigenvalue weighted by Crippen LogP contribution is 2.27. The zero-order chi connectivity index (χ0) is 10.3. The van der Waals surface area contributed by atoms with Crippen molar-refractivity contribution in [1.82, 2.24) is 0 Å². The highest BCUT2D eigenvalue weighted by Gasteiger charge is 2.43. The van der Waals surface area contributed by atoms with Crippen LogP contribution in [-0.2, 0) is 19.5 Å². The molecule has 0 fully saturated rings. The Kier molecular flexibility index (Phi) is 2.27. The molecule has 0 N–H and O–H groups in total. The molecule has 0 saturated heterocycles. The Hall–Kier alpha value is -0.780. The average Bonchev–Trinajstić information content (AvgIpc) is 1.99. The molecule has 1 aliphatic heterocycles. The van der Waals surface area contributed by atoms with Gasteiger partial charge in [-0.2, -0.15) is 0 Å². The van der Waals surface area contributed by atoms with Crippen molar-refractivity contribution < 1.29 is 17.9 Å². The molecule has 0 saturated carbocycles. The summed E-state index contributed by atoms with van der Waals surface area (Å²) in [7, 11) is -2.17. The van der Waals surface area contributed by atoms with E-state index >= 15 is 0 Å². The molecule has 1 rings (SSSR count). The summed E-state index contributed by atoms with van der Waals surface area (Å²) in [6.45, 7) is 4.93. The third-order valence-corrected chi connectivity index (χ3v) is 4.02. The summed E-state index contributed by atoms with van der Waals surface area (Å²) < 4.78 is 36.1. The van der Waals surface area contributed by atoms with Gasteiger partial charge in [0, 0.05) is 0 Å². The predicted molar refractivity (Wildman–Crippen MR) is 48.0 cm³/mol. The molecule has 0 aromatic rings. The standard InChI is InChI=1S/C7H13NO4S/c1-5-7(2,3)12-6(11-4)8-13(5,9)10/h5H,1-4H3/t5-/m0/s1. The molecule has 6 heteroatoms. The molecular formula is C7H13NO4S. The van der Waals surface area contributed by atoms with Gasteiger partial charge in [0.1, 0.15) is 10.9 Å². The fourth-order valence-corrected chi connectivity index (χ4v) is 2.19. The quantitative estimate of drug-likeness (QED) is 0.580. The van der Waals surface area contributed by atoms with Crippen molar-refractivity contribution in [2.24, 2.45) is 4.40 Å². The van der Waals surface area contributed by atoms with Crippen LogP contribution in [0.1, 0.15) is 20.8 Å². The molecular weight excluding hydrogens is 194 g/mol. The zero-order valence-electron chi connectivity index (χ0n) is 8.07. The summed E-state index contributed by atoms with van der Waals surface area (Å²) in [6, 6.07) is 0. The van der Waals surface area contributed by atoms with E-state index in [2.05, 4.69) is 9.13 Å². The average molecular weight is 207 g/mol. The van der Waals surface area contributed by atoms with E-state index in [0.29, 0.717) is 0 Å². The van der Waals surface area contributed by atoms with Gasteiger partial charge in [0.2, 0.25) is 0 Å². The Morgan fingerprint density at radius 3 is 2.46 bits per heavy atom. The summed E-state index contributed by atoms with van der Waals surface area (Å²) in [6.07, 6.45) is -0.192. The van der Waals surface area contributed by atoms with E-state index in [0.717, 1.165) is 0 Å². The maximum atomic E-state index is 11.4. The fraction of sp³-hybridized carbons (Fsp3) is 0.857. The molecule has 0 radical (unpaired) electrons. The van der Waals surface area contributed by atoms with Crippen molar-refractivity contribution >= 4 is 16.1 Å². The fourth-order valence-electron chi connectivity index (χ4n) is 0.947. The van der Waals surface area contributed by atoms with E-state index in [9.17, 15) is 8.42 Å². The van der Waals surface area contributed by atoms with Crippen LogP contribution in [0, 0.1) is 0 Å². The van der Waals surface area contributed by atoms with Crippen molar-refractivity contribution in [1.29, 1.82) is 0 Å². The van der Waals surface area contributed by atoms with Crippen LogP contribution in [0.25, 0.3) is 0 Å². The summed E-state index contributed by atoms with van der Waals surface area (Å²) in [4.78, 5) is 0. The lowest BCUT2D eigenvalue weighted by atomic mass is 10.1. The Labute approximate surface area is 77.8 Å². The van der Waals surface area contributed by atoms with Crippen LogP contribution >= 0.6 is 0 Å². The maximum Gasteiger partial charge on any atom is 0.399 e. The van der Waals surface area contributed by atoms with Gasteiger partial charge in [-0.15, -0.1) is 0 Å². The minimum atomic E-state index is -3.49. The number of sulfonamides is 1. The molecule has 0 amide bonds. The van der Waals surface area contributed by atoms with E-state index in [1.807, 2.05) is 0 Å². The highest BCUT2D eigenvalue weighted by molar-refractivity contribution is 7.91. The molecule has 1 aliphatic rings. The molecule has 0 spiro atoms. The van der Waals surface area contributed by atoms with Gasteiger partial charge >= 0.3 is 6.08 Å². The lowest BCUT2D eigenvalue weighted by molar-refractivity contribution is 0.0483. The van der Waals surface area contributed by atoms with Crippen molar-refractivity contribution in [3.63, 3.8) is 0 Å². The first kappa shape index (κ1) is 10.3. The number of hydrogen-bond acceptors (Lipinski definition) is 4. The first-order valence-corrected chi connectivity index (χ1v) is 5.37. The molecule has 0 aliphatic carbocycles. The van der Waals surface area contributed by atoms with Gasteiger partial charge in [0.05, 0.1) is 7.11 Å². The van der Waals surface area contributed by atoms with Crippen LogP contribution in [0.3, 0.4) is 0 Å².